The second-order valence-electron chi connectivity index (χ2n) is 10.00. The highest BCUT2D eigenvalue weighted by atomic mass is 15.2. The lowest BCUT2D eigenvalue weighted by atomic mass is 9.91. The first kappa shape index (κ1) is 26.4. The van der Waals surface area contributed by atoms with Gasteiger partial charge in [-0.1, -0.05) is 36.9 Å². The third-order valence-corrected chi connectivity index (χ3v) is 7.14. The Balaban J connectivity index is 1.14. The van der Waals surface area contributed by atoms with Gasteiger partial charge >= 0.3 is 0 Å². The van der Waals surface area contributed by atoms with E-state index in [-0.39, 0.29) is 12.1 Å². The van der Waals surface area contributed by atoms with Crippen molar-refractivity contribution in [3.05, 3.63) is 59.7 Å². The van der Waals surface area contributed by atoms with Gasteiger partial charge in [-0.05, 0) is 99.6 Å². The molecular weight excluding hydrogens is 442 g/mol. The van der Waals surface area contributed by atoms with Crippen molar-refractivity contribution in [1.82, 2.24) is 0 Å². The molecule has 0 N–H and O–H groups in total. The molecule has 4 radical (unpaired) electrons. The average molecular weight is 478 g/mol. The van der Waals surface area contributed by atoms with E-state index in [4.69, 9.17) is 25.9 Å². The molecule has 6 nitrogen and oxygen atoms in total. The summed E-state index contributed by atoms with van der Waals surface area (Å²) < 4.78 is 0. The van der Waals surface area contributed by atoms with E-state index in [1.54, 1.807) is 0 Å². The molecule has 184 valence electrons. The summed E-state index contributed by atoms with van der Waals surface area (Å²) in [5.41, 5.74) is 4.30. The van der Waals surface area contributed by atoms with Crippen molar-refractivity contribution >= 4 is 27.1 Å². The maximum atomic E-state index is 5.61. The topological polar surface area (TPSA) is 74.2 Å². The molecule has 2 saturated carbocycles. The van der Waals surface area contributed by atoms with E-state index < -0.39 is 0 Å². The average Bonchev–Trinajstić information content (AvgIpc) is 2.93. The summed E-state index contributed by atoms with van der Waals surface area (Å²) in [6.45, 7) is 0. The number of nitrogens with zero attached hydrogens (tertiary/aromatic N) is 6. The van der Waals surface area contributed by atoms with Crippen LogP contribution < -0.4 is 0 Å². The molecule has 36 heavy (non-hydrogen) atoms. The fourth-order valence-corrected chi connectivity index (χ4v) is 4.86. The summed E-state index contributed by atoms with van der Waals surface area (Å²) in [4.78, 5) is 0. The fourth-order valence-electron chi connectivity index (χ4n) is 4.86. The number of hydrogen-bond acceptors (Lipinski definition) is 6. The highest BCUT2D eigenvalue weighted by Gasteiger charge is 2.23. The Labute approximate surface area is 218 Å². The van der Waals surface area contributed by atoms with Crippen LogP contribution in [-0.2, 0) is 12.8 Å². The Bertz CT molecular complexity index is 908. The van der Waals surface area contributed by atoms with E-state index in [0.29, 0.717) is 24.7 Å². The summed E-state index contributed by atoms with van der Waals surface area (Å²) in [5.74, 6) is 0. The lowest BCUT2D eigenvalue weighted by molar-refractivity contribution is 0.350. The summed E-state index contributed by atoms with van der Waals surface area (Å²) in [6, 6.07) is 17.6. The molecule has 0 spiro atoms. The summed E-state index contributed by atoms with van der Waals surface area (Å²) in [7, 11) is 11.2. The molecule has 0 heterocycles. The summed E-state index contributed by atoms with van der Waals surface area (Å²) >= 11 is 0. The maximum absolute atomic E-state index is 5.61. The molecule has 2 aromatic carbocycles. The van der Waals surface area contributed by atoms with Crippen molar-refractivity contribution in [3.63, 3.8) is 0 Å². The zero-order valence-electron chi connectivity index (χ0n) is 21.3. The SMILES string of the molecule is [B]CCc1ccc(N=NC2CCC(N=NC3CCC(N=Nc4ccc(CC[B])cc4)CC3)CC2)cc1. The molecule has 2 aliphatic carbocycles. The third kappa shape index (κ3) is 8.49. The molecular formula is C28H36B2N6. The van der Waals surface area contributed by atoms with Crippen LogP contribution in [0, 0.1) is 0 Å². The first-order valence-corrected chi connectivity index (χ1v) is 13.5. The lowest BCUT2D eigenvalue weighted by Crippen LogP contribution is -2.21. The maximum Gasteiger partial charge on any atom is 0.0852 e. The Hall–Kier alpha value is -2.63. The van der Waals surface area contributed by atoms with Gasteiger partial charge in [0, 0.05) is 0 Å². The summed E-state index contributed by atoms with van der Waals surface area (Å²) in [5, 5.41) is 27.5. The van der Waals surface area contributed by atoms with Crippen LogP contribution in [0.3, 0.4) is 0 Å². The molecule has 4 rings (SSSR count). The van der Waals surface area contributed by atoms with E-state index in [0.717, 1.165) is 75.6 Å². The van der Waals surface area contributed by atoms with E-state index >= 15 is 0 Å². The predicted molar refractivity (Wildman–Crippen MR) is 147 cm³/mol. The first-order chi connectivity index (χ1) is 17.7. The van der Waals surface area contributed by atoms with Crippen LogP contribution in [0.4, 0.5) is 11.4 Å². The highest BCUT2D eigenvalue weighted by molar-refractivity contribution is 6.08. The number of hydrogen-bond donors (Lipinski definition) is 0. The van der Waals surface area contributed by atoms with Crippen LogP contribution in [-0.4, -0.2) is 39.9 Å². The molecule has 2 aliphatic rings. The minimum absolute atomic E-state index is 0.290. The van der Waals surface area contributed by atoms with Crippen molar-refractivity contribution in [3.8, 4) is 0 Å². The largest absolute Gasteiger partial charge is 0.191 e. The molecule has 0 amide bonds. The molecule has 0 bridgehead atoms. The molecule has 0 aromatic heterocycles. The minimum Gasteiger partial charge on any atom is -0.191 e. The van der Waals surface area contributed by atoms with Gasteiger partial charge in [-0.15, -0.1) is 0 Å². The monoisotopic (exact) mass is 478 g/mol. The van der Waals surface area contributed by atoms with Crippen molar-refractivity contribution in [2.75, 3.05) is 0 Å². The van der Waals surface area contributed by atoms with Crippen LogP contribution in [0.15, 0.2) is 79.2 Å². The smallest absolute Gasteiger partial charge is 0.0852 e. The van der Waals surface area contributed by atoms with Crippen molar-refractivity contribution in [2.45, 2.75) is 101 Å². The van der Waals surface area contributed by atoms with Gasteiger partial charge in [-0.3, -0.25) is 0 Å². The van der Waals surface area contributed by atoms with Gasteiger partial charge in [0.1, 0.15) is 0 Å². The van der Waals surface area contributed by atoms with Crippen molar-refractivity contribution in [1.29, 1.82) is 0 Å². The molecule has 0 unspecified atom stereocenters. The zero-order valence-corrected chi connectivity index (χ0v) is 21.3. The number of rotatable bonds is 10. The number of azo groups is 3. The third-order valence-electron chi connectivity index (χ3n) is 7.14. The van der Waals surface area contributed by atoms with Gasteiger partial charge in [-0.25, -0.2) is 0 Å². The zero-order chi connectivity index (χ0) is 25.0. The minimum atomic E-state index is 0.290. The van der Waals surface area contributed by atoms with E-state index in [1.807, 2.05) is 24.3 Å². The van der Waals surface area contributed by atoms with Crippen LogP contribution in [0.5, 0.6) is 0 Å². The van der Waals surface area contributed by atoms with Crippen LogP contribution in [0.25, 0.3) is 0 Å². The normalized spacial score (nSPS) is 25.2. The molecule has 0 atom stereocenters. The highest BCUT2D eigenvalue weighted by Crippen LogP contribution is 2.28. The predicted octanol–water partition coefficient (Wildman–Crippen LogP) is 7.89. The second-order valence-corrected chi connectivity index (χ2v) is 10.00. The Kier molecular flexibility index (Phi) is 10.4. The van der Waals surface area contributed by atoms with E-state index in [1.165, 1.54) is 11.1 Å². The van der Waals surface area contributed by atoms with Crippen LogP contribution in [0.2, 0.25) is 12.6 Å². The number of benzene rings is 2. The quantitative estimate of drug-likeness (QED) is 0.246. The Morgan fingerprint density at radius 3 is 1.08 bits per heavy atom. The first-order valence-electron chi connectivity index (χ1n) is 13.5. The van der Waals surface area contributed by atoms with Gasteiger partial charge < -0.3 is 0 Å². The number of aryl methyl sites for hydroxylation is 2. The van der Waals surface area contributed by atoms with E-state index in [9.17, 15) is 0 Å². The van der Waals surface area contributed by atoms with Crippen LogP contribution in [0.1, 0.15) is 62.5 Å². The molecule has 8 heteroatoms. The van der Waals surface area contributed by atoms with Gasteiger partial charge in [0.25, 0.3) is 0 Å². The van der Waals surface area contributed by atoms with Crippen molar-refractivity contribution in [2.24, 2.45) is 30.7 Å². The van der Waals surface area contributed by atoms with Gasteiger partial charge in [0.2, 0.25) is 0 Å². The molecule has 2 fully saturated rings. The molecule has 2 aromatic rings. The second kappa shape index (κ2) is 14.2. The van der Waals surface area contributed by atoms with Gasteiger partial charge in [0.05, 0.1) is 51.2 Å². The van der Waals surface area contributed by atoms with Gasteiger partial charge in [-0.2, -0.15) is 30.7 Å². The van der Waals surface area contributed by atoms with Crippen LogP contribution >= 0.6 is 0 Å². The lowest BCUT2D eigenvalue weighted by Gasteiger charge is -2.24. The summed E-state index contributed by atoms with van der Waals surface area (Å²) in [6.07, 6.45) is 11.4. The Morgan fingerprint density at radius 1 is 0.472 bits per heavy atom. The standard InChI is InChI=1S/C28H36B2N6/c29-19-17-21-1-5-23(6-2-21)31-33-25-9-13-27(14-10-25)35-36-28-15-11-26(12-16-28)34-32-24-7-3-22(4-8-24)18-20-30/h1-8,25-28H,9-20H2. The van der Waals surface area contributed by atoms with E-state index in [2.05, 4.69) is 44.7 Å². The molecule has 0 saturated heterocycles. The molecule has 0 aliphatic heterocycles. The Morgan fingerprint density at radius 2 is 0.778 bits per heavy atom. The fraction of sp³-hybridized carbons (Fsp3) is 0.571. The van der Waals surface area contributed by atoms with Gasteiger partial charge in [0.15, 0.2) is 0 Å². The van der Waals surface area contributed by atoms with Crippen molar-refractivity contribution < 1.29 is 0 Å².